The van der Waals surface area contributed by atoms with Crippen molar-refractivity contribution in [2.75, 3.05) is 6.61 Å². The van der Waals surface area contributed by atoms with Crippen LogP contribution >= 0.6 is 0 Å². The van der Waals surface area contributed by atoms with Crippen LogP contribution in [0.2, 0.25) is 0 Å². The molecule has 0 aromatic rings. The Kier molecular flexibility index (Phi) is 3.53. The number of aliphatic hydroxyl groups is 2. The molecule has 6 nitrogen and oxygen atoms in total. The van der Waals surface area contributed by atoms with Crippen LogP contribution in [0, 0.1) is 34.0 Å². The molecule has 0 radical (unpaired) electrons. The highest BCUT2D eigenvalue weighted by atomic mass is 16.4. The molecule has 0 unspecified atom stereocenters. The molecule has 2 N–H and O–H groups in total. The zero-order chi connectivity index (χ0) is 19.1. The second-order valence-corrected chi connectivity index (χ2v) is 9.54. The first-order valence-electron chi connectivity index (χ1n) is 9.51. The van der Waals surface area contributed by atoms with Crippen LogP contribution in [-0.2, 0) is 9.59 Å². The van der Waals surface area contributed by atoms with E-state index in [1.807, 2.05) is 0 Å². The summed E-state index contributed by atoms with van der Waals surface area (Å²) in [7, 11) is 0. The smallest absolute Gasteiger partial charge is 0.0860 e. The van der Waals surface area contributed by atoms with Crippen LogP contribution in [0.1, 0.15) is 51.9 Å². The molecule has 0 heterocycles. The molecule has 144 valence electrons. The first-order chi connectivity index (χ1) is 12.1. The van der Waals surface area contributed by atoms with Gasteiger partial charge in [0.2, 0.25) is 0 Å². The fourth-order valence-electron chi connectivity index (χ4n) is 7.81. The van der Waals surface area contributed by atoms with E-state index >= 15 is 0 Å². The average Bonchev–Trinajstić information content (AvgIpc) is 2.92. The van der Waals surface area contributed by atoms with Gasteiger partial charge in [-0.2, -0.15) is 0 Å². The molecular formula is C20H26O6-2. The number of aliphatic hydroxyl groups excluding tert-OH is 1. The Morgan fingerprint density at radius 3 is 2.54 bits per heavy atom. The van der Waals surface area contributed by atoms with E-state index in [0.29, 0.717) is 44.1 Å². The highest BCUT2D eigenvalue weighted by Crippen LogP contribution is 2.77. The van der Waals surface area contributed by atoms with Gasteiger partial charge in [0.25, 0.3) is 0 Å². The van der Waals surface area contributed by atoms with Gasteiger partial charge in [0.1, 0.15) is 0 Å². The molecule has 0 amide bonds. The third kappa shape index (κ3) is 1.80. The summed E-state index contributed by atoms with van der Waals surface area (Å²) in [6, 6.07) is 0. The Balaban J connectivity index is 1.97. The number of rotatable bonds is 3. The van der Waals surface area contributed by atoms with Crippen LogP contribution in [0.3, 0.4) is 0 Å². The van der Waals surface area contributed by atoms with Crippen LogP contribution in [0.25, 0.3) is 0 Å². The molecule has 0 aromatic carbocycles. The normalized spacial score (nSPS) is 52.4. The molecule has 4 saturated carbocycles. The number of carbonyl (C=O) groups is 2. The van der Waals surface area contributed by atoms with Crippen molar-refractivity contribution in [3.8, 4) is 0 Å². The van der Waals surface area contributed by atoms with Gasteiger partial charge < -0.3 is 30.0 Å². The monoisotopic (exact) mass is 362 g/mol. The summed E-state index contributed by atoms with van der Waals surface area (Å²) in [5.41, 5.74) is -3.37. The fourth-order valence-corrected chi connectivity index (χ4v) is 7.81. The molecule has 0 aromatic heterocycles. The predicted octanol–water partition coefficient (Wildman–Crippen LogP) is -0.621. The molecular weight excluding hydrogens is 336 g/mol. The Morgan fingerprint density at radius 2 is 1.96 bits per heavy atom. The lowest BCUT2D eigenvalue weighted by Crippen LogP contribution is -2.57. The highest BCUT2D eigenvalue weighted by Gasteiger charge is 2.75. The van der Waals surface area contributed by atoms with Gasteiger partial charge in [0.05, 0.1) is 5.60 Å². The lowest BCUT2D eigenvalue weighted by atomic mass is 9.52. The summed E-state index contributed by atoms with van der Waals surface area (Å²) in [6.07, 6.45) is 3.21. The number of hydrogen-bond acceptors (Lipinski definition) is 6. The summed E-state index contributed by atoms with van der Waals surface area (Å²) >= 11 is 0. The minimum absolute atomic E-state index is 0.161. The minimum atomic E-state index is -1.33. The van der Waals surface area contributed by atoms with Gasteiger partial charge in [-0.25, -0.2) is 0 Å². The predicted molar refractivity (Wildman–Crippen MR) is 87.0 cm³/mol. The van der Waals surface area contributed by atoms with Crippen LogP contribution in [-0.4, -0.2) is 34.4 Å². The zero-order valence-corrected chi connectivity index (χ0v) is 15.1. The van der Waals surface area contributed by atoms with Crippen molar-refractivity contribution in [3.63, 3.8) is 0 Å². The quantitative estimate of drug-likeness (QED) is 0.646. The highest BCUT2D eigenvalue weighted by molar-refractivity contribution is 5.77. The summed E-state index contributed by atoms with van der Waals surface area (Å²) < 4.78 is 0. The summed E-state index contributed by atoms with van der Waals surface area (Å²) in [4.78, 5) is 24.5. The molecule has 4 aliphatic rings. The Morgan fingerprint density at radius 1 is 1.27 bits per heavy atom. The Labute approximate surface area is 152 Å². The lowest BCUT2D eigenvalue weighted by Gasteiger charge is -2.54. The molecule has 4 fully saturated rings. The summed E-state index contributed by atoms with van der Waals surface area (Å²) in [6.45, 7) is 5.32. The largest absolute Gasteiger partial charge is 0.550 e. The second kappa shape index (κ2) is 5.10. The van der Waals surface area contributed by atoms with Crippen molar-refractivity contribution in [1.29, 1.82) is 0 Å². The van der Waals surface area contributed by atoms with Gasteiger partial charge in [0.15, 0.2) is 0 Å². The van der Waals surface area contributed by atoms with Crippen LogP contribution in [0.4, 0.5) is 0 Å². The summed E-state index contributed by atoms with van der Waals surface area (Å²) in [5, 5.41) is 45.9. The third-order valence-electron chi connectivity index (χ3n) is 8.67. The average molecular weight is 362 g/mol. The number of carboxylic acids is 2. The number of carboxylic acid groups (broad SMARTS) is 2. The van der Waals surface area contributed by atoms with Gasteiger partial charge in [-0.15, -0.1) is 0 Å². The van der Waals surface area contributed by atoms with E-state index in [1.54, 1.807) is 6.92 Å². The zero-order valence-electron chi connectivity index (χ0n) is 15.1. The SMILES string of the molecule is C=C1C[C@]23C[C@@]1(O)CC[C@H]2[C@]1(CO)CCC[C@@](C)(C(=O)[O-])[C@H]1[C@@H]3C(=O)[O-]. The Bertz CT molecular complexity index is 702. The lowest BCUT2D eigenvalue weighted by molar-refractivity contribution is -0.331. The topological polar surface area (TPSA) is 121 Å². The van der Waals surface area contributed by atoms with Crippen molar-refractivity contribution in [1.82, 2.24) is 0 Å². The molecule has 26 heavy (non-hydrogen) atoms. The number of aliphatic carboxylic acids is 2. The summed E-state index contributed by atoms with van der Waals surface area (Å²) in [5.74, 6) is -4.49. The fraction of sp³-hybridized carbons (Fsp3) is 0.800. The van der Waals surface area contributed by atoms with E-state index in [-0.39, 0.29) is 18.9 Å². The molecule has 7 atom stereocenters. The number of fused-ring (bicyclic) bond motifs is 3. The number of hydrogen-bond donors (Lipinski definition) is 2. The molecule has 4 rings (SSSR count). The minimum Gasteiger partial charge on any atom is -0.550 e. The molecule has 2 bridgehead atoms. The van der Waals surface area contributed by atoms with E-state index in [4.69, 9.17) is 0 Å². The van der Waals surface area contributed by atoms with Crippen molar-refractivity contribution in [2.45, 2.75) is 57.5 Å². The second-order valence-electron chi connectivity index (χ2n) is 9.54. The van der Waals surface area contributed by atoms with Crippen molar-refractivity contribution in [3.05, 3.63) is 12.2 Å². The third-order valence-corrected chi connectivity index (χ3v) is 8.67. The van der Waals surface area contributed by atoms with E-state index < -0.39 is 45.6 Å². The van der Waals surface area contributed by atoms with Gasteiger partial charge in [0, 0.05) is 35.3 Å². The van der Waals surface area contributed by atoms with Gasteiger partial charge in [-0.3, -0.25) is 0 Å². The maximum atomic E-state index is 12.4. The molecule has 6 heteroatoms. The molecule has 0 aliphatic heterocycles. The van der Waals surface area contributed by atoms with Gasteiger partial charge in [-0.1, -0.05) is 19.9 Å². The van der Waals surface area contributed by atoms with E-state index in [0.717, 1.165) is 0 Å². The maximum absolute atomic E-state index is 12.4. The van der Waals surface area contributed by atoms with E-state index in [2.05, 4.69) is 6.58 Å². The first-order valence-corrected chi connectivity index (χ1v) is 9.51. The maximum Gasteiger partial charge on any atom is 0.0860 e. The van der Waals surface area contributed by atoms with Crippen LogP contribution < -0.4 is 10.2 Å². The first kappa shape index (κ1) is 18.0. The molecule has 0 saturated heterocycles. The van der Waals surface area contributed by atoms with Gasteiger partial charge in [-0.05, 0) is 61.3 Å². The van der Waals surface area contributed by atoms with Crippen LogP contribution in [0.5, 0.6) is 0 Å². The Hall–Kier alpha value is -1.40. The van der Waals surface area contributed by atoms with Crippen molar-refractivity contribution >= 4 is 11.9 Å². The van der Waals surface area contributed by atoms with Gasteiger partial charge >= 0.3 is 0 Å². The van der Waals surface area contributed by atoms with Crippen molar-refractivity contribution < 1.29 is 30.0 Å². The molecule has 4 aliphatic carbocycles. The van der Waals surface area contributed by atoms with Crippen LogP contribution in [0.15, 0.2) is 12.2 Å². The van der Waals surface area contributed by atoms with Crippen molar-refractivity contribution in [2.24, 2.45) is 34.0 Å². The van der Waals surface area contributed by atoms with E-state index in [1.165, 1.54) is 0 Å². The number of carbonyl (C=O) groups excluding carboxylic acids is 2. The van der Waals surface area contributed by atoms with E-state index in [9.17, 15) is 30.0 Å². The molecule has 1 spiro atoms. The standard InChI is InChI=1S/C20H28O6/c1-11-8-19-9-20(11,26)7-4-12(19)18(10-21)6-3-5-17(2,16(24)25)14(18)13(19)15(22)23/h12-14,21,26H,1,3-10H2,2H3,(H,22,23)(H,24,25)/p-2/t12-,13+,14+,17+,18+,19-,20-/m0/s1.